The first-order chi connectivity index (χ1) is 8.78. The molecule has 0 bridgehead atoms. The molecule has 0 aliphatic carbocycles. The molecule has 18 heavy (non-hydrogen) atoms. The molecule has 4 heteroatoms. The van der Waals surface area contributed by atoms with Gasteiger partial charge in [0, 0.05) is 24.0 Å². The lowest BCUT2D eigenvalue weighted by molar-refractivity contribution is 0.408. The molecule has 0 saturated heterocycles. The van der Waals surface area contributed by atoms with Crippen molar-refractivity contribution in [1.29, 1.82) is 5.26 Å². The summed E-state index contributed by atoms with van der Waals surface area (Å²) >= 11 is 0. The summed E-state index contributed by atoms with van der Waals surface area (Å²) in [6, 6.07) is 11.5. The molecule has 1 heterocycles. The molecule has 0 saturated carbocycles. The summed E-state index contributed by atoms with van der Waals surface area (Å²) in [7, 11) is 1.63. The van der Waals surface area contributed by atoms with Crippen molar-refractivity contribution in [2.45, 2.75) is 13.1 Å². The molecule has 0 amide bonds. The van der Waals surface area contributed by atoms with Gasteiger partial charge in [-0.3, -0.25) is 0 Å². The summed E-state index contributed by atoms with van der Waals surface area (Å²) in [6.45, 7) is 1.14. The zero-order valence-electron chi connectivity index (χ0n) is 10.3. The molecule has 4 nitrogen and oxygen atoms in total. The fraction of sp³-hybridized carbons (Fsp3) is 0.214. The SMILES string of the molecule is COc1ccc(C#N)cc1Cn1cccc1CN. The number of hydrogen-bond acceptors (Lipinski definition) is 3. The van der Waals surface area contributed by atoms with Gasteiger partial charge in [-0.15, -0.1) is 0 Å². The third-order valence-electron chi connectivity index (χ3n) is 2.88. The lowest BCUT2D eigenvalue weighted by Gasteiger charge is -2.12. The van der Waals surface area contributed by atoms with Crippen LogP contribution < -0.4 is 10.5 Å². The zero-order valence-corrected chi connectivity index (χ0v) is 10.3. The average Bonchev–Trinajstić information content (AvgIpc) is 2.86. The summed E-state index contributed by atoms with van der Waals surface area (Å²) in [6.07, 6.45) is 1.97. The molecule has 2 N–H and O–H groups in total. The highest BCUT2D eigenvalue weighted by atomic mass is 16.5. The van der Waals surface area contributed by atoms with Crippen molar-refractivity contribution < 1.29 is 4.74 Å². The van der Waals surface area contributed by atoms with Gasteiger partial charge >= 0.3 is 0 Å². The third kappa shape index (κ3) is 2.36. The smallest absolute Gasteiger partial charge is 0.123 e. The Kier molecular flexibility index (Phi) is 3.66. The van der Waals surface area contributed by atoms with Gasteiger partial charge in [0.2, 0.25) is 0 Å². The first kappa shape index (κ1) is 12.2. The number of methoxy groups -OCH3 is 1. The van der Waals surface area contributed by atoms with Crippen LogP contribution in [0.4, 0.5) is 0 Å². The van der Waals surface area contributed by atoms with E-state index in [-0.39, 0.29) is 0 Å². The minimum Gasteiger partial charge on any atom is -0.496 e. The summed E-state index contributed by atoms with van der Waals surface area (Å²) < 4.78 is 7.37. The molecule has 1 aromatic carbocycles. The Morgan fingerprint density at radius 3 is 2.89 bits per heavy atom. The average molecular weight is 241 g/mol. The van der Waals surface area contributed by atoms with Gasteiger partial charge in [0.1, 0.15) is 5.75 Å². The fourth-order valence-electron chi connectivity index (χ4n) is 1.94. The molecule has 0 aliphatic rings. The lowest BCUT2D eigenvalue weighted by atomic mass is 10.1. The third-order valence-corrected chi connectivity index (χ3v) is 2.88. The summed E-state index contributed by atoms with van der Waals surface area (Å²) in [4.78, 5) is 0. The van der Waals surface area contributed by atoms with Crippen LogP contribution in [-0.4, -0.2) is 11.7 Å². The van der Waals surface area contributed by atoms with E-state index in [1.807, 2.05) is 30.5 Å². The second kappa shape index (κ2) is 5.39. The van der Waals surface area contributed by atoms with Gasteiger partial charge in [0.05, 0.1) is 25.3 Å². The largest absolute Gasteiger partial charge is 0.496 e. The quantitative estimate of drug-likeness (QED) is 0.888. The maximum Gasteiger partial charge on any atom is 0.123 e. The van der Waals surface area contributed by atoms with Crippen molar-refractivity contribution in [2.24, 2.45) is 5.73 Å². The molecule has 0 fully saturated rings. The Labute approximate surface area is 106 Å². The number of nitrogens with two attached hydrogens (primary N) is 1. The number of aromatic nitrogens is 1. The van der Waals surface area contributed by atoms with Gasteiger partial charge < -0.3 is 15.0 Å². The van der Waals surface area contributed by atoms with E-state index in [2.05, 4.69) is 10.6 Å². The van der Waals surface area contributed by atoms with Gasteiger partial charge in [-0.25, -0.2) is 0 Å². The van der Waals surface area contributed by atoms with E-state index in [4.69, 9.17) is 15.7 Å². The second-order valence-electron chi connectivity index (χ2n) is 3.97. The predicted octanol–water partition coefficient (Wildman–Crippen LogP) is 1.88. The van der Waals surface area contributed by atoms with Gasteiger partial charge in [-0.2, -0.15) is 5.26 Å². The Bertz CT molecular complexity index is 581. The summed E-state index contributed by atoms with van der Waals surface area (Å²) in [5.41, 5.74) is 8.33. The number of nitrogens with zero attached hydrogens (tertiary/aromatic N) is 2. The molecule has 2 rings (SSSR count). The Morgan fingerprint density at radius 2 is 2.22 bits per heavy atom. The normalized spacial score (nSPS) is 10.1. The van der Waals surface area contributed by atoms with Crippen molar-refractivity contribution in [1.82, 2.24) is 4.57 Å². The highest BCUT2D eigenvalue weighted by Gasteiger charge is 2.07. The molecular weight excluding hydrogens is 226 g/mol. The van der Waals surface area contributed by atoms with Gasteiger partial charge in [-0.1, -0.05) is 0 Å². The van der Waals surface area contributed by atoms with Crippen molar-refractivity contribution >= 4 is 0 Å². The van der Waals surface area contributed by atoms with Crippen LogP contribution in [0.25, 0.3) is 0 Å². The van der Waals surface area contributed by atoms with E-state index < -0.39 is 0 Å². The minimum atomic E-state index is 0.493. The first-order valence-corrected chi connectivity index (χ1v) is 5.69. The molecule has 92 valence electrons. The molecule has 0 atom stereocenters. The van der Waals surface area contributed by atoms with Crippen molar-refractivity contribution in [2.75, 3.05) is 7.11 Å². The van der Waals surface area contributed by atoms with E-state index in [1.165, 1.54) is 0 Å². The first-order valence-electron chi connectivity index (χ1n) is 5.69. The summed E-state index contributed by atoms with van der Waals surface area (Å²) in [5.74, 6) is 0.783. The minimum absolute atomic E-state index is 0.493. The molecule has 2 aromatic rings. The van der Waals surface area contributed by atoms with Crippen LogP contribution >= 0.6 is 0 Å². The molecule has 0 radical (unpaired) electrons. The van der Waals surface area contributed by atoms with E-state index >= 15 is 0 Å². The van der Waals surface area contributed by atoms with Crippen molar-refractivity contribution in [3.63, 3.8) is 0 Å². The predicted molar refractivity (Wildman–Crippen MR) is 69.1 cm³/mol. The van der Waals surface area contributed by atoms with Crippen molar-refractivity contribution in [3.05, 3.63) is 53.3 Å². The summed E-state index contributed by atoms with van der Waals surface area (Å²) in [5, 5.41) is 8.93. The van der Waals surface area contributed by atoms with Gasteiger partial charge in [-0.05, 0) is 30.3 Å². The standard InChI is InChI=1S/C14H15N3O/c1-18-14-5-4-11(8-15)7-12(14)10-17-6-2-3-13(17)9-16/h2-7H,9-10,16H2,1H3. The molecular formula is C14H15N3O. The van der Waals surface area contributed by atoms with Crippen LogP contribution in [0, 0.1) is 11.3 Å². The fourth-order valence-corrected chi connectivity index (χ4v) is 1.94. The van der Waals surface area contributed by atoms with E-state index in [0.29, 0.717) is 18.7 Å². The van der Waals surface area contributed by atoms with Gasteiger partial charge in [0.15, 0.2) is 0 Å². The molecule has 0 spiro atoms. The van der Waals surface area contributed by atoms with Crippen LogP contribution in [0.3, 0.4) is 0 Å². The molecule has 0 unspecified atom stereocenters. The van der Waals surface area contributed by atoms with E-state index in [9.17, 15) is 0 Å². The maximum absolute atomic E-state index is 8.93. The van der Waals surface area contributed by atoms with Crippen LogP contribution in [0.2, 0.25) is 0 Å². The molecule has 0 aliphatic heterocycles. The van der Waals surface area contributed by atoms with Crippen LogP contribution in [-0.2, 0) is 13.1 Å². The van der Waals surface area contributed by atoms with Crippen molar-refractivity contribution in [3.8, 4) is 11.8 Å². The van der Waals surface area contributed by atoms with Gasteiger partial charge in [0.25, 0.3) is 0 Å². The Hall–Kier alpha value is -2.25. The van der Waals surface area contributed by atoms with Crippen LogP contribution in [0.5, 0.6) is 5.75 Å². The highest BCUT2D eigenvalue weighted by molar-refractivity contribution is 5.42. The molecule has 1 aromatic heterocycles. The topological polar surface area (TPSA) is 64.0 Å². The second-order valence-corrected chi connectivity index (χ2v) is 3.97. The number of ether oxygens (including phenoxy) is 1. The number of hydrogen-bond donors (Lipinski definition) is 1. The highest BCUT2D eigenvalue weighted by Crippen LogP contribution is 2.21. The van der Waals surface area contributed by atoms with E-state index in [1.54, 1.807) is 13.2 Å². The zero-order chi connectivity index (χ0) is 13.0. The number of rotatable bonds is 4. The number of benzene rings is 1. The Morgan fingerprint density at radius 1 is 1.39 bits per heavy atom. The van der Waals surface area contributed by atoms with Crippen LogP contribution in [0.1, 0.15) is 16.8 Å². The Balaban J connectivity index is 2.36. The lowest BCUT2D eigenvalue weighted by Crippen LogP contribution is -2.08. The van der Waals surface area contributed by atoms with E-state index in [0.717, 1.165) is 17.0 Å². The number of nitriles is 1. The van der Waals surface area contributed by atoms with Crippen LogP contribution in [0.15, 0.2) is 36.5 Å². The maximum atomic E-state index is 8.93. The monoisotopic (exact) mass is 241 g/mol.